The van der Waals surface area contributed by atoms with Crippen molar-refractivity contribution < 1.29 is 22.7 Å². The lowest BCUT2D eigenvalue weighted by Gasteiger charge is -2.22. The van der Waals surface area contributed by atoms with Crippen LogP contribution in [0.4, 0.5) is 11.4 Å². The average molecular weight is 468 g/mol. The third-order valence-corrected chi connectivity index (χ3v) is 5.81. The minimum absolute atomic E-state index is 0.211. The molecule has 2 N–H and O–H groups in total. The molecule has 10 heteroatoms. The number of methoxy groups -OCH3 is 1. The molecule has 0 fully saturated rings. The zero-order valence-electron chi connectivity index (χ0n) is 17.6. The van der Waals surface area contributed by atoms with Crippen LogP contribution in [0.15, 0.2) is 42.5 Å². The molecule has 2 aromatic rings. The number of nitrogens with one attached hydrogen (secondary N) is 2. The molecule has 0 heterocycles. The van der Waals surface area contributed by atoms with Gasteiger partial charge in [-0.15, -0.1) is 0 Å². The van der Waals surface area contributed by atoms with Gasteiger partial charge in [-0.2, -0.15) is 0 Å². The van der Waals surface area contributed by atoms with E-state index in [9.17, 15) is 18.0 Å². The molecule has 8 nitrogen and oxygen atoms in total. The Morgan fingerprint density at radius 1 is 1.16 bits per heavy atom. The van der Waals surface area contributed by atoms with E-state index in [-0.39, 0.29) is 16.6 Å². The number of ether oxygens (including phenoxy) is 1. The summed E-state index contributed by atoms with van der Waals surface area (Å²) in [7, 11) is -2.35. The van der Waals surface area contributed by atoms with Crippen molar-refractivity contribution >= 4 is 44.8 Å². The Kier molecular flexibility index (Phi) is 8.70. The Labute approximate surface area is 187 Å². The van der Waals surface area contributed by atoms with Crippen LogP contribution in [0, 0.1) is 0 Å². The second-order valence-corrected chi connectivity index (χ2v) is 9.11. The highest BCUT2D eigenvalue weighted by atomic mass is 35.5. The Balaban J connectivity index is 2.21. The van der Waals surface area contributed by atoms with Crippen LogP contribution in [0.25, 0.3) is 0 Å². The number of carbonyl (C=O) groups is 2. The molecule has 0 aliphatic carbocycles. The summed E-state index contributed by atoms with van der Waals surface area (Å²) in [6, 6.07) is 11.0. The van der Waals surface area contributed by atoms with Crippen LogP contribution in [-0.4, -0.2) is 46.7 Å². The maximum Gasteiger partial charge on any atom is 0.253 e. The minimum Gasteiger partial charge on any atom is -0.495 e. The monoisotopic (exact) mass is 467 g/mol. The predicted octanol–water partition coefficient (Wildman–Crippen LogP) is 3.28. The van der Waals surface area contributed by atoms with E-state index in [2.05, 4.69) is 10.6 Å². The van der Waals surface area contributed by atoms with Crippen molar-refractivity contribution in [2.24, 2.45) is 0 Å². The van der Waals surface area contributed by atoms with Crippen molar-refractivity contribution in [2.75, 3.05) is 36.1 Å². The van der Waals surface area contributed by atoms with Crippen molar-refractivity contribution in [3.8, 4) is 5.75 Å². The number of anilines is 2. The molecule has 0 aromatic heterocycles. The molecular weight excluding hydrogens is 442 g/mol. The van der Waals surface area contributed by atoms with Crippen molar-refractivity contribution in [1.29, 1.82) is 0 Å². The predicted molar refractivity (Wildman–Crippen MR) is 123 cm³/mol. The van der Waals surface area contributed by atoms with Crippen LogP contribution in [-0.2, 0) is 14.8 Å². The molecule has 0 aliphatic heterocycles. The fourth-order valence-corrected chi connectivity index (χ4v) is 3.89. The number of carbonyl (C=O) groups excluding carboxylic acids is 2. The molecule has 2 rings (SSSR count). The van der Waals surface area contributed by atoms with E-state index in [0.29, 0.717) is 23.5 Å². The number of rotatable bonds is 10. The number of unbranched alkanes of at least 4 members (excludes halogenated alkanes) is 1. The SMILES string of the molecule is CCCCNC(=O)c1ccccc1NC(=O)CN(c1ccc(OC)c(Cl)c1)S(C)(=O)=O. The van der Waals surface area contributed by atoms with E-state index < -0.39 is 22.5 Å². The summed E-state index contributed by atoms with van der Waals surface area (Å²) in [5, 5.41) is 5.64. The zero-order chi connectivity index (χ0) is 23.0. The smallest absolute Gasteiger partial charge is 0.253 e. The third-order valence-electron chi connectivity index (χ3n) is 4.37. The molecule has 0 saturated heterocycles. The lowest BCUT2D eigenvalue weighted by Crippen LogP contribution is -2.37. The van der Waals surface area contributed by atoms with Crippen molar-refractivity contribution in [1.82, 2.24) is 5.32 Å². The highest BCUT2D eigenvalue weighted by Crippen LogP contribution is 2.30. The van der Waals surface area contributed by atoms with Gasteiger partial charge in [-0.05, 0) is 36.8 Å². The van der Waals surface area contributed by atoms with Crippen LogP contribution >= 0.6 is 11.6 Å². The van der Waals surface area contributed by atoms with Gasteiger partial charge in [0.05, 0.1) is 35.3 Å². The van der Waals surface area contributed by atoms with E-state index >= 15 is 0 Å². The summed E-state index contributed by atoms with van der Waals surface area (Å²) >= 11 is 6.11. The Hall–Kier alpha value is -2.78. The quantitative estimate of drug-likeness (QED) is 0.522. The largest absolute Gasteiger partial charge is 0.495 e. The first kappa shape index (κ1) is 24.5. The van der Waals surface area contributed by atoms with E-state index in [1.165, 1.54) is 25.3 Å². The molecule has 0 unspecified atom stereocenters. The van der Waals surface area contributed by atoms with Gasteiger partial charge in [-0.1, -0.05) is 37.1 Å². The van der Waals surface area contributed by atoms with E-state index in [0.717, 1.165) is 23.4 Å². The lowest BCUT2D eigenvalue weighted by molar-refractivity contribution is -0.114. The van der Waals surface area contributed by atoms with Crippen LogP contribution in [0.3, 0.4) is 0 Å². The van der Waals surface area contributed by atoms with Crippen LogP contribution in [0.5, 0.6) is 5.75 Å². The highest BCUT2D eigenvalue weighted by molar-refractivity contribution is 7.92. The van der Waals surface area contributed by atoms with E-state index in [1.54, 1.807) is 24.3 Å². The Bertz CT molecular complexity index is 1040. The second-order valence-electron chi connectivity index (χ2n) is 6.79. The number of amides is 2. The van der Waals surface area contributed by atoms with Crippen molar-refractivity contribution in [3.63, 3.8) is 0 Å². The topological polar surface area (TPSA) is 105 Å². The molecule has 0 saturated carbocycles. The number of nitrogens with zero attached hydrogens (tertiary/aromatic N) is 1. The van der Waals surface area contributed by atoms with Gasteiger partial charge >= 0.3 is 0 Å². The molecule has 0 radical (unpaired) electrons. The van der Waals surface area contributed by atoms with Gasteiger partial charge in [-0.3, -0.25) is 13.9 Å². The first-order chi connectivity index (χ1) is 14.7. The molecular formula is C21H26ClN3O5S. The first-order valence-corrected chi connectivity index (χ1v) is 11.9. The molecule has 168 valence electrons. The summed E-state index contributed by atoms with van der Waals surface area (Å²) in [5.74, 6) is -0.538. The normalized spacial score (nSPS) is 11.0. The van der Waals surface area contributed by atoms with Gasteiger partial charge in [0.15, 0.2) is 0 Å². The highest BCUT2D eigenvalue weighted by Gasteiger charge is 2.23. The fourth-order valence-electron chi connectivity index (χ4n) is 2.79. The summed E-state index contributed by atoms with van der Waals surface area (Å²) in [5.41, 5.74) is 0.808. The molecule has 0 atom stereocenters. The molecule has 0 spiro atoms. The van der Waals surface area contributed by atoms with Gasteiger partial charge < -0.3 is 15.4 Å². The third kappa shape index (κ3) is 6.86. The summed E-state index contributed by atoms with van der Waals surface area (Å²) in [6.07, 6.45) is 2.77. The number of hydrogen-bond acceptors (Lipinski definition) is 5. The van der Waals surface area contributed by atoms with Gasteiger partial charge in [0.2, 0.25) is 15.9 Å². The molecule has 0 aliphatic rings. The van der Waals surface area contributed by atoms with Gasteiger partial charge in [0.25, 0.3) is 5.91 Å². The second kappa shape index (κ2) is 11.0. The summed E-state index contributed by atoms with van der Waals surface area (Å²) < 4.78 is 30.6. The van der Waals surface area contributed by atoms with Crippen molar-refractivity contribution in [2.45, 2.75) is 19.8 Å². The summed E-state index contributed by atoms with van der Waals surface area (Å²) in [4.78, 5) is 25.1. The van der Waals surface area contributed by atoms with Crippen LogP contribution < -0.4 is 19.7 Å². The van der Waals surface area contributed by atoms with Gasteiger partial charge in [-0.25, -0.2) is 8.42 Å². The number of benzene rings is 2. The number of hydrogen-bond donors (Lipinski definition) is 2. The van der Waals surface area contributed by atoms with E-state index in [1.807, 2.05) is 6.92 Å². The van der Waals surface area contributed by atoms with Crippen molar-refractivity contribution in [3.05, 3.63) is 53.1 Å². The minimum atomic E-state index is -3.79. The maximum atomic E-state index is 12.7. The standard InChI is InChI=1S/C21H26ClN3O5S/c1-4-5-12-23-21(27)16-8-6-7-9-18(16)24-20(26)14-25(31(3,28)29)15-10-11-19(30-2)17(22)13-15/h6-11,13H,4-5,12,14H2,1-3H3,(H,23,27)(H,24,26). The number of sulfonamides is 1. The van der Waals surface area contributed by atoms with Gasteiger partial charge in [0, 0.05) is 6.54 Å². The molecule has 31 heavy (non-hydrogen) atoms. The number of para-hydroxylation sites is 1. The number of halogens is 1. The average Bonchev–Trinajstić information content (AvgIpc) is 2.71. The molecule has 0 bridgehead atoms. The fraction of sp³-hybridized carbons (Fsp3) is 0.333. The zero-order valence-corrected chi connectivity index (χ0v) is 19.2. The molecule has 2 aromatic carbocycles. The summed E-state index contributed by atoms with van der Waals surface area (Å²) in [6.45, 7) is 2.05. The van der Waals surface area contributed by atoms with Crippen LogP contribution in [0.2, 0.25) is 5.02 Å². The van der Waals surface area contributed by atoms with Gasteiger partial charge in [0.1, 0.15) is 12.3 Å². The Morgan fingerprint density at radius 3 is 2.48 bits per heavy atom. The Morgan fingerprint density at radius 2 is 1.87 bits per heavy atom. The lowest BCUT2D eigenvalue weighted by atomic mass is 10.1. The molecule has 2 amide bonds. The van der Waals surface area contributed by atoms with Crippen LogP contribution in [0.1, 0.15) is 30.1 Å². The maximum absolute atomic E-state index is 12.7. The first-order valence-electron chi connectivity index (χ1n) is 9.65. The van der Waals surface area contributed by atoms with E-state index in [4.69, 9.17) is 16.3 Å².